The van der Waals surface area contributed by atoms with Gasteiger partial charge in [-0.05, 0) is 6.92 Å². The summed E-state index contributed by atoms with van der Waals surface area (Å²) >= 11 is 4.66. The lowest BCUT2D eigenvalue weighted by molar-refractivity contribution is 0.168. The topological polar surface area (TPSA) is 92.9 Å². The third-order valence-corrected chi connectivity index (χ3v) is 4.84. The Morgan fingerprint density at radius 1 is 1.56 bits per heavy atom. The van der Waals surface area contributed by atoms with E-state index in [0.717, 1.165) is 4.31 Å². The predicted octanol–water partition coefficient (Wildman–Crippen LogP) is -1.07. The highest BCUT2D eigenvalue weighted by Crippen LogP contribution is 2.09. The summed E-state index contributed by atoms with van der Waals surface area (Å²) in [5, 5.41) is 7.87. The largest absolute Gasteiger partial charge is 0.395 e. The predicted molar refractivity (Wildman–Crippen MR) is 65.7 cm³/mol. The number of sulfonamides is 1. The van der Waals surface area contributed by atoms with Crippen LogP contribution in [0.25, 0.3) is 0 Å². The molecule has 0 spiro atoms. The summed E-state index contributed by atoms with van der Waals surface area (Å²) in [5.41, 5.74) is 5.32. The summed E-state index contributed by atoms with van der Waals surface area (Å²) in [6.07, 6.45) is 0. The van der Waals surface area contributed by atoms with Gasteiger partial charge < -0.3 is 15.6 Å². The minimum Gasteiger partial charge on any atom is -0.395 e. The normalized spacial score (nSPS) is 14.0. The van der Waals surface area contributed by atoms with E-state index in [9.17, 15) is 8.42 Å². The Kier molecular flexibility index (Phi) is 7.00. The fraction of sp³-hybridized carbons (Fsp3) is 0.875. The van der Waals surface area contributed by atoms with Crippen LogP contribution in [0.2, 0.25) is 0 Å². The second-order valence-electron chi connectivity index (χ2n) is 3.20. The summed E-state index contributed by atoms with van der Waals surface area (Å²) in [7, 11) is -2.13. The van der Waals surface area contributed by atoms with Gasteiger partial charge in [0.05, 0.1) is 18.2 Å². The average Bonchev–Trinajstić information content (AvgIpc) is 2.22. The van der Waals surface area contributed by atoms with E-state index in [1.54, 1.807) is 0 Å². The summed E-state index contributed by atoms with van der Waals surface area (Å²) < 4.78 is 29.8. The van der Waals surface area contributed by atoms with Crippen LogP contribution in [0.4, 0.5) is 0 Å². The molecule has 0 radical (unpaired) electrons. The molecule has 1 atom stereocenters. The van der Waals surface area contributed by atoms with Crippen molar-refractivity contribution in [3.05, 3.63) is 0 Å². The van der Waals surface area contributed by atoms with Crippen LogP contribution in [0, 0.1) is 0 Å². The van der Waals surface area contributed by atoms with Crippen molar-refractivity contribution in [3.63, 3.8) is 0 Å². The maximum atomic E-state index is 12.0. The van der Waals surface area contributed by atoms with Crippen molar-refractivity contribution >= 4 is 27.2 Å². The Labute approximate surface area is 101 Å². The van der Waals surface area contributed by atoms with Gasteiger partial charge >= 0.3 is 0 Å². The SMILES string of the molecule is COCCN(CCO)S(=O)(=O)C(C)C(N)=S. The Morgan fingerprint density at radius 3 is 2.50 bits per heavy atom. The summed E-state index contributed by atoms with van der Waals surface area (Å²) in [5.74, 6) is 0. The van der Waals surface area contributed by atoms with Crippen molar-refractivity contribution in [1.82, 2.24) is 4.31 Å². The summed E-state index contributed by atoms with van der Waals surface area (Å²) in [4.78, 5) is -0.0830. The molecule has 16 heavy (non-hydrogen) atoms. The van der Waals surface area contributed by atoms with Crippen LogP contribution in [0.5, 0.6) is 0 Å². The highest BCUT2D eigenvalue weighted by molar-refractivity contribution is 7.92. The number of aliphatic hydroxyl groups is 1. The van der Waals surface area contributed by atoms with E-state index < -0.39 is 15.3 Å². The third-order valence-electron chi connectivity index (χ3n) is 2.10. The molecule has 8 heteroatoms. The van der Waals surface area contributed by atoms with E-state index in [2.05, 4.69) is 12.2 Å². The zero-order chi connectivity index (χ0) is 12.8. The highest BCUT2D eigenvalue weighted by atomic mass is 32.2. The third kappa shape index (κ3) is 4.30. The number of methoxy groups -OCH3 is 1. The molecule has 0 aromatic carbocycles. The Morgan fingerprint density at radius 2 is 2.12 bits per heavy atom. The smallest absolute Gasteiger partial charge is 0.223 e. The number of nitrogens with two attached hydrogens (primary N) is 1. The van der Waals surface area contributed by atoms with Crippen LogP contribution in [-0.4, -0.2) is 61.5 Å². The van der Waals surface area contributed by atoms with Crippen LogP contribution in [0.1, 0.15) is 6.92 Å². The van der Waals surface area contributed by atoms with Crippen molar-refractivity contribution in [2.45, 2.75) is 12.2 Å². The van der Waals surface area contributed by atoms with Crippen LogP contribution >= 0.6 is 12.2 Å². The van der Waals surface area contributed by atoms with Crippen LogP contribution in [0.3, 0.4) is 0 Å². The molecule has 3 N–H and O–H groups in total. The molecule has 0 aromatic rings. The number of aliphatic hydroxyl groups excluding tert-OH is 1. The fourth-order valence-electron chi connectivity index (χ4n) is 1.04. The van der Waals surface area contributed by atoms with Gasteiger partial charge in [-0.3, -0.25) is 0 Å². The molecule has 0 saturated heterocycles. The Balaban J connectivity index is 4.81. The van der Waals surface area contributed by atoms with Crippen LogP contribution in [-0.2, 0) is 14.8 Å². The van der Waals surface area contributed by atoms with Gasteiger partial charge in [0.1, 0.15) is 5.25 Å². The summed E-state index contributed by atoms with van der Waals surface area (Å²) in [6.45, 7) is 1.61. The highest BCUT2D eigenvalue weighted by Gasteiger charge is 2.29. The lowest BCUT2D eigenvalue weighted by atomic mass is 10.5. The molecule has 0 fully saturated rings. The van der Waals surface area contributed by atoms with E-state index in [0.29, 0.717) is 0 Å². The quantitative estimate of drug-likeness (QED) is 0.546. The van der Waals surface area contributed by atoms with Crippen molar-refractivity contribution in [2.24, 2.45) is 5.73 Å². The lowest BCUT2D eigenvalue weighted by Crippen LogP contribution is -2.45. The first-order chi connectivity index (χ1) is 7.37. The molecule has 0 saturated carbocycles. The molecular weight excluding hydrogens is 252 g/mol. The molecule has 1 unspecified atom stereocenters. The van der Waals surface area contributed by atoms with Gasteiger partial charge in [-0.1, -0.05) is 12.2 Å². The molecule has 0 aliphatic rings. The average molecular weight is 270 g/mol. The van der Waals surface area contributed by atoms with Crippen molar-refractivity contribution < 1.29 is 18.3 Å². The van der Waals surface area contributed by atoms with Gasteiger partial charge in [0.25, 0.3) is 0 Å². The second-order valence-corrected chi connectivity index (χ2v) is 5.93. The van der Waals surface area contributed by atoms with Crippen LogP contribution < -0.4 is 5.73 Å². The van der Waals surface area contributed by atoms with E-state index in [4.69, 9.17) is 15.6 Å². The number of ether oxygens (including phenoxy) is 1. The molecule has 0 rings (SSSR count). The standard InChI is InChI=1S/C8H18N2O4S2/c1-7(8(9)15)16(12,13)10(3-5-11)4-6-14-2/h7,11H,3-6H2,1-2H3,(H2,9,15). The Hall–Kier alpha value is -0.280. The van der Waals surface area contributed by atoms with Gasteiger partial charge in [0.2, 0.25) is 10.0 Å². The molecule has 0 amide bonds. The number of thiocarbonyl (C=S) groups is 1. The molecule has 0 heterocycles. The summed E-state index contributed by atoms with van der Waals surface area (Å²) in [6, 6.07) is 0. The minimum absolute atomic E-state index is 0.0125. The van der Waals surface area contributed by atoms with Crippen LogP contribution in [0.15, 0.2) is 0 Å². The van der Waals surface area contributed by atoms with Gasteiger partial charge in [-0.15, -0.1) is 0 Å². The molecule has 0 aliphatic carbocycles. The zero-order valence-corrected chi connectivity index (χ0v) is 11.1. The van der Waals surface area contributed by atoms with Gasteiger partial charge in [-0.2, -0.15) is 4.31 Å². The van der Waals surface area contributed by atoms with E-state index in [1.807, 2.05) is 0 Å². The van der Waals surface area contributed by atoms with Crippen molar-refractivity contribution in [1.29, 1.82) is 0 Å². The van der Waals surface area contributed by atoms with Gasteiger partial charge in [0, 0.05) is 20.2 Å². The number of hydrogen-bond donors (Lipinski definition) is 2. The molecule has 96 valence electrons. The lowest BCUT2D eigenvalue weighted by Gasteiger charge is -2.24. The first-order valence-corrected chi connectivity index (χ1v) is 6.67. The first-order valence-electron chi connectivity index (χ1n) is 4.76. The van der Waals surface area contributed by atoms with E-state index in [1.165, 1.54) is 14.0 Å². The maximum Gasteiger partial charge on any atom is 0.223 e. The number of nitrogens with zero attached hydrogens (tertiary/aromatic N) is 1. The van der Waals surface area contributed by atoms with Crippen molar-refractivity contribution in [3.8, 4) is 0 Å². The van der Waals surface area contributed by atoms with Gasteiger partial charge in [0.15, 0.2) is 0 Å². The van der Waals surface area contributed by atoms with Crippen molar-refractivity contribution in [2.75, 3.05) is 33.4 Å². The Bertz CT molecular complexity index is 318. The molecule has 0 aliphatic heterocycles. The zero-order valence-electron chi connectivity index (χ0n) is 9.42. The first kappa shape index (κ1) is 15.7. The molecule has 0 bridgehead atoms. The fourth-order valence-corrected chi connectivity index (χ4v) is 2.81. The van der Waals surface area contributed by atoms with E-state index in [-0.39, 0.29) is 31.3 Å². The molecule has 6 nitrogen and oxygen atoms in total. The molecule has 0 aromatic heterocycles. The molecular formula is C8H18N2O4S2. The monoisotopic (exact) mass is 270 g/mol. The van der Waals surface area contributed by atoms with E-state index >= 15 is 0 Å². The number of hydrogen-bond acceptors (Lipinski definition) is 5. The maximum absolute atomic E-state index is 12.0. The minimum atomic E-state index is -3.61. The number of rotatable bonds is 8. The second kappa shape index (κ2) is 7.13. The van der Waals surface area contributed by atoms with Gasteiger partial charge in [-0.25, -0.2) is 8.42 Å².